The summed E-state index contributed by atoms with van der Waals surface area (Å²) in [4.78, 5) is 21.9. The van der Waals surface area contributed by atoms with Crippen molar-refractivity contribution in [2.24, 2.45) is 0 Å². The number of amides is 1. The number of ether oxygens (including phenoxy) is 1. The van der Waals surface area contributed by atoms with Gasteiger partial charge >= 0.3 is 12.0 Å². The Bertz CT molecular complexity index is 790. The van der Waals surface area contributed by atoms with Gasteiger partial charge in [-0.25, -0.2) is 4.68 Å². The van der Waals surface area contributed by atoms with Gasteiger partial charge in [0.2, 0.25) is 5.91 Å². The van der Waals surface area contributed by atoms with E-state index in [0.29, 0.717) is 0 Å². The predicted molar refractivity (Wildman–Crippen MR) is 84.1 cm³/mol. The minimum atomic E-state index is -4.43. The van der Waals surface area contributed by atoms with Crippen molar-refractivity contribution in [1.29, 1.82) is 0 Å². The zero-order valence-electron chi connectivity index (χ0n) is 12.9. The van der Waals surface area contributed by atoms with Crippen LogP contribution in [0.1, 0.15) is 6.42 Å². The maximum Gasteiger partial charge on any atom is 0.411 e. The highest BCUT2D eigenvalue weighted by atomic mass is 79.9. The van der Waals surface area contributed by atoms with Crippen LogP contribution in [-0.4, -0.2) is 43.2 Å². The first kappa shape index (κ1) is 19.8. The number of halogens is 4. The van der Waals surface area contributed by atoms with E-state index in [4.69, 9.17) is 0 Å². The fraction of sp³-hybridized carbons (Fsp3) is 0.417. The van der Waals surface area contributed by atoms with E-state index in [0.717, 1.165) is 4.68 Å². The van der Waals surface area contributed by atoms with Gasteiger partial charge in [0.1, 0.15) is 17.8 Å². The third-order valence-electron chi connectivity index (χ3n) is 2.85. The van der Waals surface area contributed by atoms with Gasteiger partial charge in [-0.15, -0.1) is 0 Å². The summed E-state index contributed by atoms with van der Waals surface area (Å²) < 4.78 is 42.9. The number of aromatic nitrogens is 4. The molecule has 0 spiro atoms. The number of carbonyl (C=O) groups excluding carboxylic acids is 1. The Kier molecular flexibility index (Phi) is 6.31. The number of aryl methyl sites for hydroxylation is 1. The van der Waals surface area contributed by atoms with Gasteiger partial charge in [-0.3, -0.25) is 4.79 Å². The Morgan fingerprint density at radius 1 is 1.38 bits per heavy atom. The fourth-order valence-corrected chi connectivity index (χ4v) is 2.28. The second-order valence-corrected chi connectivity index (χ2v) is 5.83. The van der Waals surface area contributed by atoms with Gasteiger partial charge in [0, 0.05) is 6.42 Å². The van der Waals surface area contributed by atoms with Crippen LogP contribution in [0.25, 0.3) is 0 Å². The van der Waals surface area contributed by atoms with Crippen LogP contribution < -0.4 is 5.32 Å². The number of nitro groups is 1. The normalized spacial score (nSPS) is 11.5. The van der Waals surface area contributed by atoms with Crippen LogP contribution in [0.15, 0.2) is 23.1 Å². The van der Waals surface area contributed by atoms with Gasteiger partial charge in [-0.1, -0.05) is 0 Å². The molecule has 0 aliphatic carbocycles. The Labute approximate surface area is 152 Å². The first-order chi connectivity index (χ1) is 12.1. The molecule has 0 aliphatic heterocycles. The Balaban J connectivity index is 1.79. The van der Waals surface area contributed by atoms with Crippen LogP contribution in [0.3, 0.4) is 0 Å². The average molecular weight is 441 g/mol. The monoisotopic (exact) mass is 440 g/mol. The molecular formula is C12H12BrF3N6O4. The van der Waals surface area contributed by atoms with Crippen molar-refractivity contribution in [2.45, 2.75) is 25.9 Å². The molecular weight excluding hydrogens is 429 g/mol. The van der Waals surface area contributed by atoms with E-state index in [2.05, 4.69) is 36.2 Å². The van der Waals surface area contributed by atoms with Crippen molar-refractivity contribution in [1.82, 2.24) is 19.6 Å². The third kappa shape index (κ3) is 6.11. The number of hydrogen-bond acceptors (Lipinski definition) is 6. The first-order valence-corrected chi connectivity index (χ1v) is 7.77. The molecule has 0 bridgehead atoms. The molecule has 0 unspecified atom stereocenters. The van der Waals surface area contributed by atoms with E-state index in [1.807, 2.05) is 0 Å². The van der Waals surface area contributed by atoms with Gasteiger partial charge in [0.15, 0.2) is 0 Å². The van der Waals surface area contributed by atoms with Crippen LogP contribution >= 0.6 is 15.9 Å². The van der Waals surface area contributed by atoms with E-state index in [-0.39, 0.29) is 28.9 Å². The largest absolute Gasteiger partial charge is 0.411 e. The first-order valence-electron chi connectivity index (χ1n) is 6.98. The summed E-state index contributed by atoms with van der Waals surface area (Å²) in [5.41, 5.74) is 0.276. The molecule has 142 valence electrons. The van der Waals surface area contributed by atoms with E-state index in [1.165, 1.54) is 23.3 Å². The maximum atomic E-state index is 12.0. The molecule has 0 atom stereocenters. The molecule has 0 saturated heterocycles. The molecule has 2 aromatic heterocycles. The lowest BCUT2D eigenvalue weighted by atomic mass is 10.4. The number of hydrogen-bond donors (Lipinski definition) is 1. The lowest BCUT2D eigenvalue weighted by Crippen LogP contribution is -2.18. The number of alkyl halides is 3. The lowest BCUT2D eigenvalue weighted by Gasteiger charge is -2.07. The zero-order valence-corrected chi connectivity index (χ0v) is 14.5. The van der Waals surface area contributed by atoms with Crippen molar-refractivity contribution in [3.63, 3.8) is 0 Å². The highest BCUT2D eigenvalue weighted by Crippen LogP contribution is 2.22. The summed E-state index contributed by atoms with van der Waals surface area (Å²) >= 11 is 3.00. The van der Waals surface area contributed by atoms with Crippen molar-refractivity contribution < 1.29 is 27.6 Å². The van der Waals surface area contributed by atoms with E-state index < -0.39 is 30.3 Å². The quantitative estimate of drug-likeness (QED) is 0.497. The minimum Gasteiger partial charge on any atom is -0.358 e. The van der Waals surface area contributed by atoms with Crippen LogP contribution in [0, 0.1) is 10.1 Å². The second-order valence-electron chi connectivity index (χ2n) is 4.98. The summed E-state index contributed by atoms with van der Waals surface area (Å²) in [6.45, 7) is -1.72. The standard InChI is InChI=1S/C12H12BrF3N6O4/c13-9-5-20(19-11(9)22(24)25)2-1-10(23)18-8-3-17-21(4-8)7-26-6-12(14,15)16/h3-5H,1-2,6-7H2,(H,18,23). The minimum absolute atomic E-state index is 0.0268. The molecule has 1 amide bonds. The van der Waals surface area contributed by atoms with Crippen LogP contribution in [-0.2, 0) is 22.8 Å². The molecule has 0 fully saturated rings. The van der Waals surface area contributed by atoms with Gasteiger partial charge in [0.05, 0.1) is 35.9 Å². The van der Waals surface area contributed by atoms with Gasteiger partial charge in [0.25, 0.3) is 0 Å². The Hall–Kier alpha value is -2.48. The summed E-state index contributed by atoms with van der Waals surface area (Å²) in [5, 5.41) is 20.6. The third-order valence-corrected chi connectivity index (χ3v) is 3.41. The van der Waals surface area contributed by atoms with E-state index in [9.17, 15) is 28.1 Å². The Morgan fingerprint density at radius 3 is 2.73 bits per heavy atom. The number of anilines is 1. The zero-order chi connectivity index (χ0) is 19.3. The van der Waals surface area contributed by atoms with Gasteiger partial charge < -0.3 is 20.2 Å². The van der Waals surface area contributed by atoms with E-state index >= 15 is 0 Å². The molecule has 10 nitrogen and oxygen atoms in total. The smallest absolute Gasteiger partial charge is 0.358 e. The SMILES string of the molecule is O=C(CCn1cc(Br)c([N+](=O)[O-])n1)Nc1cnn(COCC(F)(F)F)c1. The Morgan fingerprint density at radius 2 is 2.12 bits per heavy atom. The summed E-state index contributed by atoms with van der Waals surface area (Å²) in [6, 6.07) is 0. The summed E-state index contributed by atoms with van der Waals surface area (Å²) in [7, 11) is 0. The summed E-state index contributed by atoms with van der Waals surface area (Å²) in [5.74, 6) is -0.777. The lowest BCUT2D eigenvalue weighted by molar-refractivity contribution is -0.390. The van der Waals surface area contributed by atoms with Crippen molar-refractivity contribution in [2.75, 3.05) is 11.9 Å². The fourth-order valence-electron chi connectivity index (χ4n) is 1.82. The van der Waals surface area contributed by atoms with Crippen molar-refractivity contribution >= 4 is 33.3 Å². The highest BCUT2D eigenvalue weighted by Gasteiger charge is 2.27. The van der Waals surface area contributed by atoms with E-state index in [1.54, 1.807) is 0 Å². The van der Waals surface area contributed by atoms with Gasteiger partial charge in [-0.05, 0) is 20.9 Å². The van der Waals surface area contributed by atoms with Crippen molar-refractivity contribution in [3.8, 4) is 0 Å². The topological polar surface area (TPSA) is 117 Å². The molecule has 2 heterocycles. The number of nitrogens with zero attached hydrogens (tertiary/aromatic N) is 5. The molecule has 0 aromatic carbocycles. The molecule has 0 aliphatic rings. The number of carbonyl (C=O) groups is 1. The number of rotatable bonds is 8. The van der Waals surface area contributed by atoms with Crippen LogP contribution in [0.2, 0.25) is 0 Å². The van der Waals surface area contributed by atoms with Crippen LogP contribution in [0.5, 0.6) is 0 Å². The molecule has 2 rings (SSSR count). The molecule has 1 N–H and O–H groups in total. The molecule has 0 saturated carbocycles. The second kappa shape index (κ2) is 8.27. The van der Waals surface area contributed by atoms with Gasteiger partial charge in [-0.2, -0.15) is 23.0 Å². The van der Waals surface area contributed by atoms with Crippen LogP contribution in [0.4, 0.5) is 24.7 Å². The molecule has 26 heavy (non-hydrogen) atoms. The average Bonchev–Trinajstić information content (AvgIpc) is 3.10. The summed E-state index contributed by atoms with van der Waals surface area (Å²) in [6.07, 6.45) is -0.517. The number of nitrogens with one attached hydrogen (secondary N) is 1. The maximum absolute atomic E-state index is 12.0. The molecule has 14 heteroatoms. The molecule has 2 aromatic rings. The highest BCUT2D eigenvalue weighted by molar-refractivity contribution is 9.10. The van der Waals surface area contributed by atoms with Crippen molar-refractivity contribution in [3.05, 3.63) is 33.2 Å². The molecule has 0 radical (unpaired) electrons. The predicted octanol–water partition coefficient (Wildman–Crippen LogP) is 2.32.